The minimum absolute atomic E-state index is 0.0623. The number of amides is 1. The second-order valence-corrected chi connectivity index (χ2v) is 7.15. The first-order valence-corrected chi connectivity index (χ1v) is 9.70. The van der Waals surface area contributed by atoms with Gasteiger partial charge >= 0.3 is 0 Å². The van der Waals surface area contributed by atoms with Gasteiger partial charge in [0, 0.05) is 35.7 Å². The highest BCUT2D eigenvalue weighted by molar-refractivity contribution is 7.99. The number of methoxy groups -OCH3 is 1. The van der Waals surface area contributed by atoms with Crippen molar-refractivity contribution < 1.29 is 9.53 Å². The van der Waals surface area contributed by atoms with Gasteiger partial charge in [0.25, 0.3) is 0 Å². The highest BCUT2D eigenvalue weighted by Gasteiger charge is 2.14. The molecule has 8 heteroatoms. The number of thioether (sulfide) groups is 1. The third-order valence-electron chi connectivity index (χ3n) is 3.68. The van der Waals surface area contributed by atoms with Crippen molar-refractivity contribution >= 4 is 35.0 Å². The monoisotopic (exact) mass is 402 g/mol. The van der Waals surface area contributed by atoms with Crippen LogP contribution in [0.1, 0.15) is 12.2 Å². The van der Waals surface area contributed by atoms with Crippen molar-refractivity contribution in [3.05, 3.63) is 65.4 Å². The van der Waals surface area contributed by atoms with Crippen molar-refractivity contribution in [3.8, 4) is 5.69 Å². The number of carbonyl (C=O) groups is 1. The van der Waals surface area contributed by atoms with E-state index in [1.165, 1.54) is 11.8 Å². The molecule has 0 bridgehead atoms. The normalized spacial score (nSPS) is 10.7. The smallest absolute Gasteiger partial charge is 0.225 e. The summed E-state index contributed by atoms with van der Waals surface area (Å²) in [4.78, 5) is 12.1. The molecule has 0 aliphatic carbocycles. The molecule has 0 radical (unpaired) electrons. The van der Waals surface area contributed by atoms with Gasteiger partial charge in [-0.2, -0.15) is 0 Å². The number of benzene rings is 2. The van der Waals surface area contributed by atoms with E-state index in [0.29, 0.717) is 23.8 Å². The lowest BCUT2D eigenvalue weighted by molar-refractivity contribution is -0.115. The van der Waals surface area contributed by atoms with Crippen LogP contribution in [0.4, 0.5) is 5.69 Å². The maximum Gasteiger partial charge on any atom is 0.225 e. The Labute approximate surface area is 166 Å². The largest absolute Gasteiger partial charge is 0.377 e. The van der Waals surface area contributed by atoms with E-state index in [1.54, 1.807) is 31.4 Å². The van der Waals surface area contributed by atoms with Crippen molar-refractivity contribution in [3.63, 3.8) is 0 Å². The number of hydrogen-bond acceptors (Lipinski definition) is 5. The molecule has 1 amide bonds. The molecule has 27 heavy (non-hydrogen) atoms. The topological polar surface area (TPSA) is 69.0 Å². The zero-order valence-electron chi connectivity index (χ0n) is 14.8. The van der Waals surface area contributed by atoms with Gasteiger partial charge < -0.3 is 10.1 Å². The van der Waals surface area contributed by atoms with Gasteiger partial charge in [0.15, 0.2) is 11.0 Å². The third kappa shape index (κ3) is 5.32. The molecule has 1 N–H and O–H groups in total. The molecule has 3 aromatic rings. The SMILES string of the molecule is COCc1nnc(SCCC(=O)Nc2ccc(Cl)cc2)n1-c1ccccc1. The quantitative estimate of drug-likeness (QED) is 0.572. The molecule has 2 aromatic carbocycles. The van der Waals surface area contributed by atoms with Crippen molar-refractivity contribution in [1.29, 1.82) is 0 Å². The molecular weight excluding hydrogens is 384 g/mol. The zero-order chi connectivity index (χ0) is 19.1. The lowest BCUT2D eigenvalue weighted by Crippen LogP contribution is -2.12. The van der Waals surface area contributed by atoms with Gasteiger partial charge in [0.2, 0.25) is 5.91 Å². The Morgan fingerprint density at radius 3 is 2.59 bits per heavy atom. The molecule has 0 aliphatic rings. The minimum Gasteiger partial charge on any atom is -0.377 e. The molecule has 0 saturated heterocycles. The van der Waals surface area contributed by atoms with Crippen molar-refractivity contribution in [2.45, 2.75) is 18.2 Å². The van der Waals surface area contributed by atoms with Gasteiger partial charge in [0.05, 0.1) is 0 Å². The van der Waals surface area contributed by atoms with E-state index < -0.39 is 0 Å². The number of nitrogens with one attached hydrogen (secondary N) is 1. The van der Waals surface area contributed by atoms with E-state index in [2.05, 4.69) is 15.5 Å². The average molecular weight is 403 g/mol. The summed E-state index contributed by atoms with van der Waals surface area (Å²) in [5.74, 6) is 1.24. The number of anilines is 1. The fourth-order valence-electron chi connectivity index (χ4n) is 2.44. The predicted octanol–water partition coefficient (Wildman–Crippen LogP) is 4.19. The summed E-state index contributed by atoms with van der Waals surface area (Å²) in [6, 6.07) is 16.9. The van der Waals surface area contributed by atoms with Crippen LogP contribution >= 0.6 is 23.4 Å². The predicted molar refractivity (Wildman–Crippen MR) is 107 cm³/mol. The summed E-state index contributed by atoms with van der Waals surface area (Å²) in [6.07, 6.45) is 0.356. The number of para-hydroxylation sites is 1. The standard InChI is InChI=1S/C19H19ClN4O2S/c1-26-13-17-22-23-19(24(17)16-5-3-2-4-6-16)27-12-11-18(25)21-15-9-7-14(20)8-10-15/h2-10H,11-13H2,1H3,(H,21,25). The molecule has 0 unspecified atom stereocenters. The molecule has 6 nitrogen and oxygen atoms in total. The van der Waals surface area contributed by atoms with Gasteiger partial charge in [-0.25, -0.2) is 0 Å². The fraction of sp³-hybridized carbons (Fsp3) is 0.211. The van der Waals surface area contributed by atoms with E-state index in [1.807, 2.05) is 34.9 Å². The average Bonchev–Trinajstić information content (AvgIpc) is 3.07. The minimum atomic E-state index is -0.0623. The van der Waals surface area contributed by atoms with Crippen LogP contribution in [0.3, 0.4) is 0 Å². The lowest BCUT2D eigenvalue weighted by Gasteiger charge is -2.10. The van der Waals surface area contributed by atoms with Crippen LogP contribution in [-0.4, -0.2) is 33.5 Å². The van der Waals surface area contributed by atoms with Gasteiger partial charge in [-0.1, -0.05) is 41.6 Å². The molecule has 1 aromatic heterocycles. The molecule has 0 fully saturated rings. The number of hydrogen-bond donors (Lipinski definition) is 1. The van der Waals surface area contributed by atoms with E-state index >= 15 is 0 Å². The Bertz CT molecular complexity index is 884. The molecule has 1 heterocycles. The van der Waals surface area contributed by atoms with Crippen molar-refractivity contribution in [2.75, 3.05) is 18.2 Å². The number of carbonyl (C=O) groups excluding carboxylic acids is 1. The zero-order valence-corrected chi connectivity index (χ0v) is 16.3. The Morgan fingerprint density at radius 2 is 1.89 bits per heavy atom. The van der Waals surface area contributed by atoms with Crippen LogP contribution in [-0.2, 0) is 16.1 Å². The number of ether oxygens (including phenoxy) is 1. The molecular formula is C19H19ClN4O2S. The highest BCUT2D eigenvalue weighted by atomic mass is 35.5. The second kappa shape index (κ2) is 9.55. The van der Waals surface area contributed by atoms with Crippen molar-refractivity contribution in [1.82, 2.24) is 14.8 Å². The first-order valence-electron chi connectivity index (χ1n) is 8.34. The highest BCUT2D eigenvalue weighted by Crippen LogP contribution is 2.23. The van der Waals surface area contributed by atoms with E-state index in [9.17, 15) is 4.79 Å². The van der Waals surface area contributed by atoms with E-state index in [4.69, 9.17) is 16.3 Å². The Morgan fingerprint density at radius 1 is 1.15 bits per heavy atom. The maximum atomic E-state index is 12.1. The molecule has 3 rings (SSSR count). The number of aromatic nitrogens is 3. The molecule has 0 aliphatic heterocycles. The van der Waals surface area contributed by atoms with Crippen LogP contribution in [0.15, 0.2) is 59.8 Å². The van der Waals surface area contributed by atoms with Gasteiger partial charge in [-0.15, -0.1) is 10.2 Å². The maximum absolute atomic E-state index is 12.1. The second-order valence-electron chi connectivity index (χ2n) is 5.66. The molecule has 0 spiro atoms. The van der Waals surface area contributed by atoms with Gasteiger partial charge in [0.1, 0.15) is 6.61 Å². The first-order chi connectivity index (χ1) is 13.2. The molecule has 0 saturated carbocycles. The van der Waals surface area contributed by atoms with Crippen LogP contribution < -0.4 is 5.32 Å². The van der Waals surface area contributed by atoms with E-state index in [0.717, 1.165) is 22.4 Å². The summed E-state index contributed by atoms with van der Waals surface area (Å²) in [6.45, 7) is 0.361. The summed E-state index contributed by atoms with van der Waals surface area (Å²) < 4.78 is 7.16. The Balaban J connectivity index is 1.62. The number of halogens is 1. The first kappa shape index (κ1) is 19.4. The summed E-state index contributed by atoms with van der Waals surface area (Å²) >= 11 is 7.33. The van der Waals surface area contributed by atoms with Crippen molar-refractivity contribution in [2.24, 2.45) is 0 Å². The van der Waals surface area contributed by atoms with Gasteiger partial charge in [-0.3, -0.25) is 9.36 Å². The molecule has 0 atom stereocenters. The Hall–Kier alpha value is -2.35. The summed E-state index contributed by atoms with van der Waals surface area (Å²) in [5.41, 5.74) is 1.69. The lowest BCUT2D eigenvalue weighted by atomic mass is 10.3. The van der Waals surface area contributed by atoms with Crippen LogP contribution in [0.2, 0.25) is 5.02 Å². The summed E-state index contributed by atoms with van der Waals surface area (Å²) in [7, 11) is 1.62. The van der Waals surface area contributed by atoms with Crippen LogP contribution in [0.5, 0.6) is 0 Å². The van der Waals surface area contributed by atoms with Crippen LogP contribution in [0, 0.1) is 0 Å². The number of rotatable bonds is 8. The van der Waals surface area contributed by atoms with Crippen LogP contribution in [0.25, 0.3) is 5.69 Å². The Kier molecular flexibility index (Phi) is 6.86. The van der Waals surface area contributed by atoms with E-state index in [-0.39, 0.29) is 5.91 Å². The third-order valence-corrected chi connectivity index (χ3v) is 4.86. The number of nitrogens with zero attached hydrogens (tertiary/aromatic N) is 3. The fourth-order valence-corrected chi connectivity index (χ4v) is 3.48. The van der Waals surface area contributed by atoms with Gasteiger partial charge in [-0.05, 0) is 36.4 Å². The summed E-state index contributed by atoms with van der Waals surface area (Å²) in [5, 5.41) is 12.7. The molecule has 140 valence electrons.